The van der Waals surface area contributed by atoms with Crippen molar-refractivity contribution in [2.24, 2.45) is 0 Å². The summed E-state index contributed by atoms with van der Waals surface area (Å²) in [6, 6.07) is 0. The molecule has 23 heavy (non-hydrogen) atoms. The van der Waals surface area contributed by atoms with Crippen molar-refractivity contribution in [2.45, 2.75) is 107 Å². The van der Waals surface area contributed by atoms with E-state index in [0.29, 0.717) is 16.9 Å². The van der Waals surface area contributed by atoms with Gasteiger partial charge >= 0.3 is 5.97 Å². The van der Waals surface area contributed by atoms with Crippen molar-refractivity contribution >= 4 is 31.2 Å². The highest BCUT2D eigenvalue weighted by Crippen LogP contribution is 2.22. The molecule has 2 nitrogen and oxygen atoms in total. The lowest BCUT2D eigenvalue weighted by atomic mass is 10.0. The van der Waals surface area contributed by atoms with Gasteiger partial charge in [-0.05, 0) is 19.3 Å². The summed E-state index contributed by atoms with van der Waals surface area (Å²) in [5.41, 5.74) is 0. The van der Waals surface area contributed by atoms with E-state index in [2.05, 4.69) is 11.7 Å². The maximum absolute atomic E-state index is 11.0. The fourth-order valence-electron chi connectivity index (χ4n) is 2.77. The van der Waals surface area contributed by atoms with Crippen molar-refractivity contribution in [3.8, 4) is 0 Å². The maximum Gasteiger partial charge on any atom is 0.305 e. The second kappa shape index (κ2) is 17.0. The standard InChI is InChI=1S/C19H38O2S2/c1-3-4-5-6-8-11-14-17(22)18(23)15-12-9-7-10-13-16-19(20)21-2/h17-18,22-23H,3-16H2,1-2H3/t17-,18-/m1/s1. The molecule has 138 valence electrons. The lowest BCUT2D eigenvalue weighted by molar-refractivity contribution is -0.140. The third-order valence-electron chi connectivity index (χ3n) is 4.41. The second-order valence-electron chi connectivity index (χ2n) is 6.57. The third kappa shape index (κ3) is 15.4. The number of carbonyl (C=O) groups excluding carboxylic acids is 1. The zero-order valence-electron chi connectivity index (χ0n) is 15.3. The van der Waals surface area contributed by atoms with Gasteiger partial charge in [0.05, 0.1) is 7.11 Å². The monoisotopic (exact) mass is 362 g/mol. The summed E-state index contributed by atoms with van der Waals surface area (Å²) in [6.07, 6.45) is 16.7. The molecule has 0 aromatic carbocycles. The predicted octanol–water partition coefficient (Wildman–Crippen LogP) is 6.24. The first kappa shape index (κ1) is 23.2. The molecular weight excluding hydrogens is 324 g/mol. The van der Waals surface area contributed by atoms with Crippen LogP contribution in [0.25, 0.3) is 0 Å². The number of carbonyl (C=O) groups is 1. The van der Waals surface area contributed by atoms with Crippen molar-refractivity contribution in [3.63, 3.8) is 0 Å². The zero-order chi connectivity index (χ0) is 17.3. The van der Waals surface area contributed by atoms with Crippen molar-refractivity contribution in [3.05, 3.63) is 0 Å². The number of unbranched alkanes of at least 4 members (excludes halogenated alkanes) is 9. The van der Waals surface area contributed by atoms with E-state index in [0.717, 1.165) is 19.3 Å². The lowest BCUT2D eigenvalue weighted by Gasteiger charge is -2.18. The highest BCUT2D eigenvalue weighted by atomic mass is 32.1. The van der Waals surface area contributed by atoms with Crippen LogP contribution in [-0.4, -0.2) is 23.6 Å². The molecule has 0 rings (SSSR count). The number of thiol groups is 2. The minimum Gasteiger partial charge on any atom is -0.469 e. The van der Waals surface area contributed by atoms with Gasteiger partial charge in [-0.1, -0.05) is 71.1 Å². The molecule has 0 spiro atoms. The number of hydrogen-bond donors (Lipinski definition) is 2. The molecule has 0 bridgehead atoms. The first-order valence-electron chi connectivity index (χ1n) is 9.54. The molecular formula is C19H38O2S2. The molecule has 0 amide bonds. The predicted molar refractivity (Wildman–Crippen MR) is 108 cm³/mol. The summed E-state index contributed by atoms with van der Waals surface area (Å²) in [5, 5.41) is 0.855. The number of rotatable bonds is 16. The Kier molecular flexibility index (Phi) is 17.1. The number of methoxy groups -OCH3 is 1. The van der Waals surface area contributed by atoms with E-state index in [1.54, 1.807) is 0 Å². The Morgan fingerprint density at radius 3 is 1.70 bits per heavy atom. The minimum atomic E-state index is -0.0898. The molecule has 0 aliphatic heterocycles. The van der Waals surface area contributed by atoms with Gasteiger partial charge in [-0.3, -0.25) is 4.79 Å². The van der Waals surface area contributed by atoms with Crippen LogP contribution in [0, 0.1) is 0 Å². The van der Waals surface area contributed by atoms with E-state index < -0.39 is 0 Å². The Morgan fingerprint density at radius 1 is 0.783 bits per heavy atom. The summed E-state index contributed by atoms with van der Waals surface area (Å²) in [5.74, 6) is -0.0898. The van der Waals surface area contributed by atoms with E-state index in [9.17, 15) is 4.79 Å². The van der Waals surface area contributed by atoms with Gasteiger partial charge in [0.1, 0.15) is 0 Å². The Bertz CT molecular complexity index is 272. The lowest BCUT2D eigenvalue weighted by Crippen LogP contribution is -2.15. The van der Waals surface area contributed by atoms with E-state index >= 15 is 0 Å². The molecule has 4 heteroatoms. The topological polar surface area (TPSA) is 26.3 Å². The first-order chi connectivity index (χ1) is 11.1. The molecule has 0 aliphatic rings. The van der Waals surface area contributed by atoms with Crippen LogP contribution in [0.3, 0.4) is 0 Å². The normalized spacial score (nSPS) is 13.7. The number of ether oxygens (including phenoxy) is 1. The van der Waals surface area contributed by atoms with E-state index in [4.69, 9.17) is 25.3 Å². The SMILES string of the molecule is CCCCCCCC[C@@H](S)[C@H](S)CCCCCCCC(=O)OC. The van der Waals surface area contributed by atoms with E-state index in [1.165, 1.54) is 71.3 Å². The van der Waals surface area contributed by atoms with Gasteiger partial charge in [0.25, 0.3) is 0 Å². The summed E-state index contributed by atoms with van der Waals surface area (Å²) in [4.78, 5) is 11.0. The highest BCUT2D eigenvalue weighted by molar-refractivity contribution is 7.85. The summed E-state index contributed by atoms with van der Waals surface area (Å²) in [6.45, 7) is 2.26. The fraction of sp³-hybridized carbons (Fsp3) is 0.947. The molecule has 0 N–H and O–H groups in total. The Hall–Kier alpha value is 0.170. The van der Waals surface area contributed by atoms with Gasteiger partial charge in [-0.15, -0.1) is 0 Å². The van der Waals surface area contributed by atoms with Gasteiger partial charge < -0.3 is 4.74 Å². The van der Waals surface area contributed by atoms with Crippen LogP contribution in [0.4, 0.5) is 0 Å². The molecule has 0 radical (unpaired) electrons. The first-order valence-corrected chi connectivity index (χ1v) is 10.6. The molecule has 0 saturated heterocycles. The minimum absolute atomic E-state index is 0.0898. The summed E-state index contributed by atoms with van der Waals surface area (Å²) in [7, 11) is 1.45. The van der Waals surface area contributed by atoms with Crippen LogP contribution in [0.2, 0.25) is 0 Å². The molecule has 0 unspecified atom stereocenters. The van der Waals surface area contributed by atoms with Crippen LogP contribution < -0.4 is 0 Å². The van der Waals surface area contributed by atoms with E-state index in [1.807, 2.05) is 0 Å². The van der Waals surface area contributed by atoms with Crippen molar-refractivity contribution in [2.75, 3.05) is 7.11 Å². The maximum atomic E-state index is 11.0. The Labute approximate surface area is 155 Å². The second-order valence-corrected chi connectivity index (χ2v) is 7.90. The molecule has 0 aromatic heterocycles. The smallest absolute Gasteiger partial charge is 0.305 e. The number of esters is 1. The zero-order valence-corrected chi connectivity index (χ0v) is 17.1. The van der Waals surface area contributed by atoms with Gasteiger partial charge in [0.15, 0.2) is 0 Å². The number of hydrogen-bond acceptors (Lipinski definition) is 4. The van der Waals surface area contributed by atoms with Gasteiger partial charge in [-0.25, -0.2) is 0 Å². The Balaban J connectivity index is 3.40. The summed E-state index contributed by atoms with van der Waals surface area (Å²) >= 11 is 9.46. The van der Waals surface area contributed by atoms with Crippen LogP contribution in [-0.2, 0) is 9.53 Å². The third-order valence-corrected chi connectivity index (χ3v) is 5.88. The van der Waals surface area contributed by atoms with Crippen LogP contribution in [0.5, 0.6) is 0 Å². The summed E-state index contributed by atoms with van der Waals surface area (Å²) < 4.78 is 4.64. The average molecular weight is 363 g/mol. The fourth-order valence-corrected chi connectivity index (χ4v) is 3.44. The molecule has 0 aliphatic carbocycles. The van der Waals surface area contributed by atoms with Crippen LogP contribution in [0.1, 0.15) is 96.8 Å². The van der Waals surface area contributed by atoms with Gasteiger partial charge in [0, 0.05) is 16.9 Å². The molecule has 0 heterocycles. The van der Waals surface area contributed by atoms with Gasteiger partial charge in [0.2, 0.25) is 0 Å². The van der Waals surface area contributed by atoms with Crippen LogP contribution in [0.15, 0.2) is 0 Å². The Morgan fingerprint density at radius 2 is 1.22 bits per heavy atom. The highest BCUT2D eigenvalue weighted by Gasteiger charge is 2.13. The molecule has 2 atom stereocenters. The largest absolute Gasteiger partial charge is 0.469 e. The van der Waals surface area contributed by atoms with Crippen molar-refractivity contribution in [1.29, 1.82) is 0 Å². The average Bonchev–Trinajstić information content (AvgIpc) is 2.56. The van der Waals surface area contributed by atoms with Crippen molar-refractivity contribution < 1.29 is 9.53 Å². The molecule has 0 fully saturated rings. The molecule has 0 aromatic rings. The quantitative estimate of drug-likeness (QED) is 0.193. The van der Waals surface area contributed by atoms with E-state index in [-0.39, 0.29) is 5.97 Å². The molecule has 0 saturated carbocycles. The van der Waals surface area contributed by atoms with Crippen molar-refractivity contribution in [1.82, 2.24) is 0 Å². The van der Waals surface area contributed by atoms with Gasteiger partial charge in [-0.2, -0.15) is 25.3 Å². The van der Waals surface area contributed by atoms with Crippen LogP contribution >= 0.6 is 25.3 Å².